The van der Waals surface area contributed by atoms with Crippen molar-refractivity contribution in [2.45, 2.75) is 25.3 Å². The molecule has 1 aliphatic heterocycles. The Hall–Kier alpha value is -2.59. The van der Waals surface area contributed by atoms with Gasteiger partial charge in [-0.2, -0.15) is 0 Å². The number of para-hydroxylation sites is 1. The van der Waals surface area contributed by atoms with Gasteiger partial charge in [0.2, 0.25) is 0 Å². The highest BCUT2D eigenvalue weighted by Gasteiger charge is 2.22. The first-order chi connectivity index (χ1) is 12.8. The Labute approximate surface area is 154 Å². The van der Waals surface area contributed by atoms with Crippen LogP contribution in [0.15, 0.2) is 60.8 Å². The largest absolute Gasteiger partial charge is 0.360 e. The van der Waals surface area contributed by atoms with Crippen molar-refractivity contribution in [2.75, 3.05) is 19.6 Å². The van der Waals surface area contributed by atoms with Crippen molar-refractivity contribution in [1.29, 1.82) is 0 Å². The summed E-state index contributed by atoms with van der Waals surface area (Å²) in [5.41, 5.74) is 3.12. The molecule has 4 heteroatoms. The van der Waals surface area contributed by atoms with Gasteiger partial charge in [-0.25, -0.2) is 0 Å². The molecule has 1 aliphatic rings. The number of nitrogens with one attached hydrogen (secondary N) is 2. The molecule has 1 amide bonds. The van der Waals surface area contributed by atoms with Gasteiger partial charge in [0.05, 0.1) is 5.56 Å². The maximum Gasteiger partial charge on any atom is 0.253 e. The molecular weight excluding hydrogens is 322 g/mol. The number of rotatable bonds is 5. The Morgan fingerprint density at radius 3 is 2.81 bits per heavy atom. The van der Waals surface area contributed by atoms with Gasteiger partial charge in [-0.3, -0.25) is 4.79 Å². The number of aromatic nitrogens is 1. The molecule has 2 heterocycles. The number of fused-ring (bicyclic) bond motifs is 1. The second kappa shape index (κ2) is 7.75. The van der Waals surface area contributed by atoms with E-state index < -0.39 is 0 Å². The molecule has 0 bridgehead atoms. The summed E-state index contributed by atoms with van der Waals surface area (Å²) in [4.78, 5) is 18.4. The van der Waals surface area contributed by atoms with Crippen molar-refractivity contribution in [1.82, 2.24) is 15.2 Å². The fraction of sp³-hybridized carbons (Fsp3) is 0.318. The zero-order valence-electron chi connectivity index (χ0n) is 14.9. The Bertz CT molecular complexity index is 871. The van der Waals surface area contributed by atoms with E-state index in [-0.39, 0.29) is 11.9 Å². The number of carbonyl (C=O) groups is 1. The summed E-state index contributed by atoms with van der Waals surface area (Å²) in [6, 6.07) is 18.8. The van der Waals surface area contributed by atoms with Crippen LogP contribution in [0.1, 0.15) is 28.8 Å². The predicted octanol–water partition coefficient (Wildman–Crippen LogP) is 3.60. The van der Waals surface area contributed by atoms with Gasteiger partial charge in [0.25, 0.3) is 5.91 Å². The average Bonchev–Trinajstić information content (AvgIpc) is 3.12. The molecule has 4 nitrogen and oxygen atoms in total. The van der Waals surface area contributed by atoms with Crippen LogP contribution in [0.2, 0.25) is 0 Å². The summed E-state index contributed by atoms with van der Waals surface area (Å²) in [5, 5.41) is 4.23. The smallest absolute Gasteiger partial charge is 0.253 e. The highest BCUT2D eigenvalue weighted by Crippen LogP contribution is 2.18. The fourth-order valence-corrected chi connectivity index (χ4v) is 3.83. The number of likely N-dealkylation sites (tertiary alicyclic amines) is 1. The Balaban J connectivity index is 1.35. The van der Waals surface area contributed by atoms with Crippen molar-refractivity contribution in [2.24, 2.45) is 0 Å². The molecule has 0 spiro atoms. The second-order valence-electron chi connectivity index (χ2n) is 7.10. The summed E-state index contributed by atoms with van der Waals surface area (Å²) < 4.78 is 0. The van der Waals surface area contributed by atoms with Crippen LogP contribution < -0.4 is 5.32 Å². The van der Waals surface area contributed by atoms with Crippen molar-refractivity contribution >= 4 is 16.8 Å². The number of carbonyl (C=O) groups excluding carboxylic acids is 1. The fourth-order valence-electron chi connectivity index (χ4n) is 3.83. The lowest BCUT2D eigenvalue weighted by Crippen LogP contribution is -2.48. The summed E-state index contributed by atoms with van der Waals surface area (Å²) in [6.45, 7) is 3.09. The van der Waals surface area contributed by atoms with E-state index in [2.05, 4.69) is 45.5 Å². The van der Waals surface area contributed by atoms with Gasteiger partial charge in [0.15, 0.2) is 0 Å². The second-order valence-corrected chi connectivity index (χ2v) is 7.10. The van der Waals surface area contributed by atoms with Gasteiger partial charge in [0.1, 0.15) is 0 Å². The summed E-state index contributed by atoms with van der Waals surface area (Å²) in [6.07, 6.45) is 5.06. The van der Waals surface area contributed by atoms with Crippen LogP contribution in [0, 0.1) is 0 Å². The molecule has 1 saturated heterocycles. The summed E-state index contributed by atoms with van der Waals surface area (Å²) in [5.74, 6) is 0.0253. The number of H-pyrrole nitrogens is 1. The maximum absolute atomic E-state index is 12.7. The van der Waals surface area contributed by atoms with Gasteiger partial charge in [0, 0.05) is 36.2 Å². The van der Waals surface area contributed by atoms with Gasteiger partial charge in [-0.05, 0) is 37.4 Å². The predicted molar refractivity (Wildman–Crippen MR) is 105 cm³/mol. The quantitative estimate of drug-likeness (QED) is 0.741. The number of hydrogen-bond donors (Lipinski definition) is 2. The molecule has 26 heavy (non-hydrogen) atoms. The first-order valence-corrected chi connectivity index (χ1v) is 9.43. The number of hydrogen-bond acceptors (Lipinski definition) is 2. The zero-order chi connectivity index (χ0) is 17.8. The first-order valence-electron chi connectivity index (χ1n) is 9.43. The normalized spacial score (nSPS) is 18.1. The summed E-state index contributed by atoms with van der Waals surface area (Å²) >= 11 is 0. The average molecular weight is 347 g/mol. The lowest BCUT2D eigenvalue weighted by molar-refractivity contribution is 0.0906. The minimum Gasteiger partial charge on any atom is -0.360 e. The SMILES string of the molecule is O=C(N[C@H]1CCCN(CCc2ccccc2)C1)c1c[nH]c2ccccc12. The molecule has 0 radical (unpaired) electrons. The Morgan fingerprint density at radius 2 is 1.92 bits per heavy atom. The molecule has 0 unspecified atom stereocenters. The van der Waals surface area contributed by atoms with E-state index >= 15 is 0 Å². The van der Waals surface area contributed by atoms with Crippen molar-refractivity contribution in [3.05, 3.63) is 71.9 Å². The maximum atomic E-state index is 12.7. The molecule has 1 atom stereocenters. The number of amides is 1. The van der Waals surface area contributed by atoms with Gasteiger partial charge < -0.3 is 15.2 Å². The van der Waals surface area contributed by atoms with Crippen LogP contribution in [0.5, 0.6) is 0 Å². The van der Waals surface area contributed by atoms with Crippen LogP contribution in [-0.4, -0.2) is 41.5 Å². The van der Waals surface area contributed by atoms with Crippen LogP contribution in [-0.2, 0) is 6.42 Å². The third-order valence-electron chi connectivity index (χ3n) is 5.23. The molecule has 1 aromatic heterocycles. The number of nitrogens with zero attached hydrogens (tertiary/aromatic N) is 1. The Kier molecular flexibility index (Phi) is 5.02. The lowest BCUT2D eigenvalue weighted by atomic mass is 10.0. The third-order valence-corrected chi connectivity index (χ3v) is 5.23. The Morgan fingerprint density at radius 1 is 1.12 bits per heavy atom. The molecular formula is C22H25N3O. The highest BCUT2D eigenvalue weighted by molar-refractivity contribution is 6.06. The van der Waals surface area contributed by atoms with Gasteiger partial charge in [-0.15, -0.1) is 0 Å². The lowest BCUT2D eigenvalue weighted by Gasteiger charge is -2.33. The number of aromatic amines is 1. The first kappa shape index (κ1) is 16.9. The standard InChI is InChI=1S/C22H25N3O/c26-22(20-15-23-21-11-5-4-10-19(20)21)24-18-9-6-13-25(16-18)14-12-17-7-2-1-3-8-17/h1-5,7-8,10-11,15,18,23H,6,9,12-14,16H2,(H,24,26)/t18-/m0/s1. The molecule has 4 rings (SSSR count). The number of piperidine rings is 1. The molecule has 1 fully saturated rings. The van der Waals surface area contributed by atoms with Crippen LogP contribution >= 0.6 is 0 Å². The topological polar surface area (TPSA) is 48.1 Å². The van der Waals surface area contributed by atoms with Crippen molar-refractivity contribution in [3.63, 3.8) is 0 Å². The molecule has 3 aromatic rings. The van der Waals surface area contributed by atoms with E-state index in [1.54, 1.807) is 0 Å². The van der Waals surface area contributed by atoms with E-state index in [4.69, 9.17) is 0 Å². The third kappa shape index (κ3) is 3.81. The van der Waals surface area contributed by atoms with Crippen LogP contribution in [0.3, 0.4) is 0 Å². The molecule has 0 aliphatic carbocycles. The monoisotopic (exact) mass is 347 g/mol. The van der Waals surface area contributed by atoms with Crippen molar-refractivity contribution in [3.8, 4) is 0 Å². The van der Waals surface area contributed by atoms with Gasteiger partial charge >= 0.3 is 0 Å². The molecule has 0 saturated carbocycles. The highest BCUT2D eigenvalue weighted by atomic mass is 16.1. The van der Waals surface area contributed by atoms with Crippen molar-refractivity contribution < 1.29 is 4.79 Å². The molecule has 134 valence electrons. The van der Waals surface area contributed by atoms with E-state index in [1.807, 2.05) is 30.5 Å². The molecule has 2 N–H and O–H groups in total. The summed E-state index contributed by atoms with van der Waals surface area (Å²) in [7, 11) is 0. The minimum absolute atomic E-state index is 0.0253. The zero-order valence-corrected chi connectivity index (χ0v) is 14.9. The molecule has 2 aromatic carbocycles. The van der Waals surface area contributed by atoms with E-state index in [0.717, 1.165) is 55.4 Å². The van der Waals surface area contributed by atoms with E-state index in [1.165, 1.54) is 5.56 Å². The van der Waals surface area contributed by atoms with Crippen LogP contribution in [0.4, 0.5) is 0 Å². The van der Waals surface area contributed by atoms with Crippen LogP contribution in [0.25, 0.3) is 10.9 Å². The van der Waals surface area contributed by atoms with E-state index in [0.29, 0.717) is 0 Å². The van der Waals surface area contributed by atoms with E-state index in [9.17, 15) is 4.79 Å². The number of benzene rings is 2. The van der Waals surface area contributed by atoms with Gasteiger partial charge in [-0.1, -0.05) is 48.5 Å². The minimum atomic E-state index is 0.0253.